The quantitative estimate of drug-likeness (QED) is 0.800. The summed E-state index contributed by atoms with van der Waals surface area (Å²) >= 11 is 0. The number of nitrogens with one attached hydrogen (secondary N) is 1. The van der Waals surface area contributed by atoms with Gasteiger partial charge in [0.15, 0.2) is 0 Å². The number of nitrogens with zero attached hydrogens (tertiary/aromatic N) is 2. The molecule has 3 nitrogen and oxygen atoms in total. The third-order valence-electron chi connectivity index (χ3n) is 2.76. The van der Waals surface area contributed by atoms with Crippen LogP contribution in [0.3, 0.4) is 0 Å². The second kappa shape index (κ2) is 6.59. The Kier molecular flexibility index (Phi) is 5.39. The summed E-state index contributed by atoms with van der Waals surface area (Å²) in [6, 6.07) is 2.63. The Bertz CT molecular complexity index is 310. The van der Waals surface area contributed by atoms with E-state index in [0.29, 0.717) is 12.0 Å². The molecule has 1 N–H and O–H groups in total. The highest BCUT2D eigenvalue weighted by atomic mass is 14.9. The van der Waals surface area contributed by atoms with E-state index in [0.717, 1.165) is 24.2 Å². The maximum atomic E-state index is 4.33. The van der Waals surface area contributed by atoms with Gasteiger partial charge < -0.3 is 5.32 Å². The van der Waals surface area contributed by atoms with E-state index in [9.17, 15) is 0 Å². The summed E-state index contributed by atoms with van der Waals surface area (Å²) in [6.07, 6.45) is 4.83. The lowest BCUT2D eigenvalue weighted by Gasteiger charge is -2.17. The summed E-state index contributed by atoms with van der Waals surface area (Å²) in [7, 11) is 2.02. The monoisotopic (exact) mass is 221 g/mol. The summed E-state index contributed by atoms with van der Waals surface area (Å²) in [4.78, 5) is 8.55. The molecule has 0 saturated heterocycles. The highest BCUT2D eigenvalue weighted by Crippen LogP contribution is 2.10. The van der Waals surface area contributed by atoms with Crippen LogP contribution >= 0.6 is 0 Å². The molecule has 0 aliphatic carbocycles. The van der Waals surface area contributed by atoms with Crippen LogP contribution in [-0.2, 0) is 12.8 Å². The van der Waals surface area contributed by atoms with Gasteiger partial charge in [-0.2, -0.15) is 0 Å². The van der Waals surface area contributed by atoms with Crippen LogP contribution in [0.1, 0.15) is 38.6 Å². The molecule has 0 saturated carbocycles. The van der Waals surface area contributed by atoms with Crippen LogP contribution in [0.2, 0.25) is 0 Å². The molecule has 0 bridgehead atoms. The summed E-state index contributed by atoms with van der Waals surface area (Å²) in [6.45, 7) is 6.62. The third kappa shape index (κ3) is 4.27. The van der Waals surface area contributed by atoms with Crippen LogP contribution in [0, 0.1) is 5.92 Å². The molecule has 3 heteroatoms. The van der Waals surface area contributed by atoms with Crippen LogP contribution in [0.4, 0.5) is 0 Å². The van der Waals surface area contributed by atoms with E-state index in [1.165, 1.54) is 6.42 Å². The van der Waals surface area contributed by atoms with Crippen molar-refractivity contribution < 1.29 is 0 Å². The molecule has 1 unspecified atom stereocenters. The fourth-order valence-electron chi connectivity index (χ4n) is 1.87. The first-order valence-corrected chi connectivity index (χ1v) is 6.12. The summed E-state index contributed by atoms with van der Waals surface area (Å²) in [5.74, 6) is 0.713. The number of hydrogen-bond acceptors (Lipinski definition) is 3. The van der Waals surface area contributed by atoms with Gasteiger partial charge in [0.05, 0.1) is 0 Å². The standard InChI is InChI=1S/C13H23N3/c1-5-11-7-13(16-9-15-11)8-12(14-4)6-10(2)3/h7,9-10,12,14H,5-6,8H2,1-4H3. The normalized spacial score (nSPS) is 13.1. The van der Waals surface area contributed by atoms with E-state index in [1.54, 1.807) is 6.33 Å². The van der Waals surface area contributed by atoms with E-state index in [-0.39, 0.29) is 0 Å². The molecule has 0 aliphatic rings. The lowest BCUT2D eigenvalue weighted by molar-refractivity contribution is 0.438. The third-order valence-corrected chi connectivity index (χ3v) is 2.76. The van der Waals surface area contributed by atoms with Crippen LogP contribution < -0.4 is 5.32 Å². The number of aryl methyl sites for hydroxylation is 1. The van der Waals surface area contributed by atoms with Gasteiger partial charge in [0, 0.05) is 23.9 Å². The lowest BCUT2D eigenvalue weighted by Crippen LogP contribution is -2.29. The fraction of sp³-hybridized carbons (Fsp3) is 0.692. The van der Waals surface area contributed by atoms with Crippen molar-refractivity contribution in [1.29, 1.82) is 0 Å². The molecular weight excluding hydrogens is 198 g/mol. The number of aromatic nitrogens is 2. The maximum absolute atomic E-state index is 4.33. The van der Waals surface area contributed by atoms with Crippen molar-refractivity contribution >= 4 is 0 Å². The zero-order valence-electron chi connectivity index (χ0n) is 10.8. The topological polar surface area (TPSA) is 37.8 Å². The molecular formula is C13H23N3. The number of hydrogen-bond donors (Lipinski definition) is 1. The van der Waals surface area contributed by atoms with Gasteiger partial charge in [-0.3, -0.25) is 0 Å². The molecule has 0 fully saturated rings. The van der Waals surface area contributed by atoms with Gasteiger partial charge in [0.2, 0.25) is 0 Å². The average molecular weight is 221 g/mol. The van der Waals surface area contributed by atoms with Crippen molar-refractivity contribution in [3.63, 3.8) is 0 Å². The average Bonchev–Trinajstić information content (AvgIpc) is 2.28. The molecule has 90 valence electrons. The molecule has 1 atom stereocenters. The molecule has 1 aromatic heterocycles. The minimum atomic E-state index is 0.514. The highest BCUT2D eigenvalue weighted by Gasteiger charge is 2.10. The molecule has 0 aromatic carbocycles. The van der Waals surface area contributed by atoms with Crippen molar-refractivity contribution in [3.8, 4) is 0 Å². The van der Waals surface area contributed by atoms with Gasteiger partial charge in [0.25, 0.3) is 0 Å². The molecule has 16 heavy (non-hydrogen) atoms. The van der Waals surface area contributed by atoms with E-state index >= 15 is 0 Å². The first kappa shape index (κ1) is 13.1. The van der Waals surface area contributed by atoms with Crippen molar-refractivity contribution in [2.75, 3.05) is 7.05 Å². The Morgan fingerprint density at radius 2 is 1.94 bits per heavy atom. The first-order valence-electron chi connectivity index (χ1n) is 6.12. The van der Waals surface area contributed by atoms with Crippen molar-refractivity contribution in [3.05, 3.63) is 23.8 Å². The fourth-order valence-corrected chi connectivity index (χ4v) is 1.87. The largest absolute Gasteiger partial charge is 0.317 e. The van der Waals surface area contributed by atoms with Crippen molar-refractivity contribution in [2.45, 2.75) is 46.1 Å². The lowest BCUT2D eigenvalue weighted by atomic mass is 9.99. The molecule has 1 aromatic rings. The van der Waals surface area contributed by atoms with Crippen molar-refractivity contribution in [2.24, 2.45) is 5.92 Å². The molecule has 0 aliphatic heterocycles. The predicted octanol–water partition coefficient (Wildman–Crippen LogP) is 2.22. The predicted molar refractivity (Wildman–Crippen MR) is 67.4 cm³/mol. The first-order chi connectivity index (χ1) is 7.65. The second-order valence-electron chi connectivity index (χ2n) is 4.67. The second-order valence-corrected chi connectivity index (χ2v) is 4.67. The smallest absolute Gasteiger partial charge is 0.115 e. The van der Waals surface area contributed by atoms with Gasteiger partial charge in [-0.25, -0.2) is 9.97 Å². The Morgan fingerprint density at radius 3 is 2.50 bits per heavy atom. The van der Waals surface area contributed by atoms with E-state index < -0.39 is 0 Å². The van der Waals surface area contributed by atoms with Gasteiger partial charge in [0.1, 0.15) is 6.33 Å². The Hall–Kier alpha value is -0.960. The molecule has 0 amide bonds. The highest BCUT2D eigenvalue weighted by molar-refractivity contribution is 5.09. The van der Waals surface area contributed by atoms with E-state index in [1.807, 2.05) is 7.05 Å². The Morgan fingerprint density at radius 1 is 1.25 bits per heavy atom. The molecule has 0 radical (unpaired) electrons. The summed E-state index contributed by atoms with van der Waals surface area (Å²) < 4.78 is 0. The van der Waals surface area contributed by atoms with Gasteiger partial charge >= 0.3 is 0 Å². The van der Waals surface area contributed by atoms with Crippen LogP contribution in [-0.4, -0.2) is 23.1 Å². The van der Waals surface area contributed by atoms with E-state index in [2.05, 4.69) is 42.1 Å². The number of rotatable bonds is 6. The molecule has 1 heterocycles. The zero-order chi connectivity index (χ0) is 12.0. The Balaban J connectivity index is 2.62. The van der Waals surface area contributed by atoms with Gasteiger partial charge in [-0.15, -0.1) is 0 Å². The minimum Gasteiger partial charge on any atom is -0.317 e. The van der Waals surface area contributed by atoms with E-state index in [4.69, 9.17) is 0 Å². The van der Waals surface area contributed by atoms with Crippen molar-refractivity contribution in [1.82, 2.24) is 15.3 Å². The SMILES string of the molecule is CCc1cc(CC(CC(C)C)NC)ncn1. The Labute approximate surface area is 98.7 Å². The van der Waals surface area contributed by atoms with Crippen LogP contribution in [0.25, 0.3) is 0 Å². The minimum absolute atomic E-state index is 0.514. The molecule has 1 rings (SSSR count). The summed E-state index contributed by atoms with van der Waals surface area (Å²) in [5, 5.41) is 3.36. The molecule has 0 spiro atoms. The zero-order valence-corrected chi connectivity index (χ0v) is 10.8. The van der Waals surface area contributed by atoms with Crippen LogP contribution in [0.5, 0.6) is 0 Å². The van der Waals surface area contributed by atoms with Gasteiger partial charge in [-0.1, -0.05) is 20.8 Å². The summed E-state index contributed by atoms with van der Waals surface area (Å²) in [5.41, 5.74) is 2.27. The maximum Gasteiger partial charge on any atom is 0.115 e. The number of likely N-dealkylation sites (N-methyl/N-ethyl adjacent to an activating group) is 1. The van der Waals surface area contributed by atoms with Crippen LogP contribution in [0.15, 0.2) is 12.4 Å². The van der Waals surface area contributed by atoms with Gasteiger partial charge in [-0.05, 0) is 31.9 Å².